The van der Waals surface area contributed by atoms with Gasteiger partial charge in [0.15, 0.2) is 0 Å². The van der Waals surface area contributed by atoms with Gasteiger partial charge in [-0.25, -0.2) is 0 Å². The average Bonchev–Trinajstić information content (AvgIpc) is 3.45. The number of carbonyl (C=O) groups is 2. The summed E-state index contributed by atoms with van der Waals surface area (Å²) in [5, 5.41) is 17.5. The minimum atomic E-state index is -0.309. The summed E-state index contributed by atoms with van der Waals surface area (Å²) in [6.07, 6.45) is 10.1. The van der Waals surface area contributed by atoms with E-state index < -0.39 is 0 Å². The second-order valence-corrected chi connectivity index (χ2v) is 8.53. The van der Waals surface area contributed by atoms with Crippen LogP contribution in [-0.2, 0) is 16.1 Å². The number of tetrazole rings is 1. The first-order chi connectivity index (χ1) is 18.0. The van der Waals surface area contributed by atoms with Gasteiger partial charge >= 0.3 is 0 Å². The van der Waals surface area contributed by atoms with Gasteiger partial charge < -0.3 is 10.6 Å². The Kier molecular flexibility index (Phi) is 8.66. The number of halogens is 1. The minimum absolute atomic E-state index is 0.0487. The molecule has 0 spiro atoms. The maximum Gasteiger partial charge on any atom is 0.244 e. The summed E-state index contributed by atoms with van der Waals surface area (Å²) in [7, 11) is 0. The Morgan fingerprint density at radius 2 is 2.00 bits per heavy atom. The van der Waals surface area contributed by atoms with Gasteiger partial charge in [-0.2, -0.15) is 4.68 Å². The molecule has 0 saturated carbocycles. The maximum atomic E-state index is 12.5. The van der Waals surface area contributed by atoms with E-state index in [0.29, 0.717) is 39.8 Å². The number of rotatable bonds is 10. The van der Waals surface area contributed by atoms with Crippen LogP contribution in [0.3, 0.4) is 0 Å². The maximum absolute atomic E-state index is 12.5. The Hall–Kier alpha value is -4.44. The number of nitrogens with one attached hydrogen (secondary N) is 2. The third kappa shape index (κ3) is 7.05. The van der Waals surface area contributed by atoms with Gasteiger partial charge in [-0.1, -0.05) is 24.9 Å². The number of pyridine rings is 2. The van der Waals surface area contributed by atoms with Crippen LogP contribution in [0.15, 0.2) is 67.3 Å². The van der Waals surface area contributed by atoms with Crippen LogP contribution in [0.2, 0.25) is 5.02 Å². The predicted octanol–water partition coefficient (Wildman–Crippen LogP) is 4.23. The third-order valence-corrected chi connectivity index (χ3v) is 5.61. The Labute approximate surface area is 218 Å². The average molecular weight is 517 g/mol. The molecule has 0 radical (unpaired) electrons. The summed E-state index contributed by atoms with van der Waals surface area (Å²) in [6.45, 7) is 2.25. The molecule has 3 aromatic heterocycles. The Morgan fingerprint density at radius 1 is 1.11 bits per heavy atom. The lowest BCUT2D eigenvalue weighted by Gasteiger charge is -2.11. The lowest BCUT2D eigenvalue weighted by atomic mass is 10.1. The first kappa shape index (κ1) is 25.6. The van der Waals surface area contributed by atoms with Crippen LogP contribution >= 0.6 is 11.6 Å². The van der Waals surface area contributed by atoms with Crippen LogP contribution in [0.4, 0.5) is 5.69 Å². The summed E-state index contributed by atoms with van der Waals surface area (Å²) in [6, 6.07) is 12.5. The van der Waals surface area contributed by atoms with Gasteiger partial charge in [0.1, 0.15) is 6.33 Å². The number of hydrogen-bond donors (Lipinski definition) is 2. The van der Waals surface area contributed by atoms with Gasteiger partial charge in [0, 0.05) is 41.0 Å². The molecule has 11 heteroatoms. The molecule has 0 saturated heterocycles. The normalized spacial score (nSPS) is 11.0. The van der Waals surface area contributed by atoms with Crippen molar-refractivity contribution < 1.29 is 9.59 Å². The molecule has 4 aromatic rings. The van der Waals surface area contributed by atoms with Crippen LogP contribution in [0, 0.1) is 0 Å². The molecule has 37 heavy (non-hydrogen) atoms. The molecular weight excluding hydrogens is 492 g/mol. The number of benzene rings is 1. The highest BCUT2D eigenvalue weighted by Crippen LogP contribution is 2.26. The molecule has 0 aliphatic rings. The van der Waals surface area contributed by atoms with Gasteiger partial charge in [-0.15, -0.1) is 5.10 Å². The van der Waals surface area contributed by atoms with Gasteiger partial charge in [-0.3, -0.25) is 19.6 Å². The van der Waals surface area contributed by atoms with Gasteiger partial charge in [-0.05, 0) is 65.4 Å². The molecule has 188 valence electrons. The molecule has 0 bridgehead atoms. The molecule has 0 aliphatic heterocycles. The van der Waals surface area contributed by atoms with Gasteiger partial charge in [0.25, 0.3) is 0 Å². The summed E-state index contributed by atoms with van der Waals surface area (Å²) in [5.41, 5.74) is 4.06. The molecule has 0 atom stereocenters. The number of aromatic nitrogens is 6. The zero-order chi connectivity index (χ0) is 26.0. The van der Waals surface area contributed by atoms with E-state index in [1.165, 1.54) is 17.1 Å². The lowest BCUT2D eigenvalue weighted by Crippen LogP contribution is -2.21. The van der Waals surface area contributed by atoms with Crippen molar-refractivity contribution in [2.24, 2.45) is 0 Å². The van der Waals surface area contributed by atoms with Crippen LogP contribution in [0.25, 0.3) is 23.0 Å². The van der Waals surface area contributed by atoms with E-state index >= 15 is 0 Å². The highest BCUT2D eigenvalue weighted by molar-refractivity contribution is 6.30. The molecule has 3 heterocycles. The molecule has 10 nitrogen and oxygen atoms in total. The second kappa shape index (κ2) is 12.5. The van der Waals surface area contributed by atoms with Crippen molar-refractivity contribution in [3.05, 3.63) is 83.5 Å². The van der Waals surface area contributed by atoms with E-state index in [2.05, 4.69) is 36.1 Å². The zero-order valence-electron chi connectivity index (χ0n) is 20.1. The summed E-state index contributed by atoms with van der Waals surface area (Å²) < 4.78 is 1.49. The highest BCUT2D eigenvalue weighted by Gasteiger charge is 2.11. The monoisotopic (exact) mass is 516 g/mol. The summed E-state index contributed by atoms with van der Waals surface area (Å²) in [5.74, 6) is -0.357. The number of carbonyl (C=O) groups excluding carboxylic acids is 2. The van der Waals surface area contributed by atoms with Crippen LogP contribution < -0.4 is 10.6 Å². The fourth-order valence-electron chi connectivity index (χ4n) is 3.55. The van der Waals surface area contributed by atoms with Crippen molar-refractivity contribution in [3.8, 4) is 16.9 Å². The quantitative estimate of drug-likeness (QED) is 0.302. The molecule has 0 fully saturated rings. The Morgan fingerprint density at radius 3 is 2.81 bits per heavy atom. The Bertz CT molecular complexity index is 1410. The number of unbranched alkanes of at least 4 members (excludes halogenated alkanes) is 1. The van der Waals surface area contributed by atoms with Crippen molar-refractivity contribution in [1.29, 1.82) is 0 Å². The number of hydrogen-bond acceptors (Lipinski definition) is 7. The number of nitrogens with zero attached hydrogens (tertiary/aromatic N) is 6. The van der Waals surface area contributed by atoms with E-state index in [-0.39, 0.29) is 18.4 Å². The van der Waals surface area contributed by atoms with Crippen LogP contribution in [0.1, 0.15) is 37.4 Å². The molecule has 0 unspecified atom stereocenters. The van der Waals surface area contributed by atoms with E-state index in [1.807, 2.05) is 25.1 Å². The highest BCUT2D eigenvalue weighted by atomic mass is 35.5. The second-order valence-electron chi connectivity index (χ2n) is 8.10. The third-order valence-electron chi connectivity index (χ3n) is 5.37. The smallest absolute Gasteiger partial charge is 0.244 e. The predicted molar refractivity (Wildman–Crippen MR) is 141 cm³/mol. The van der Waals surface area contributed by atoms with E-state index in [1.54, 1.807) is 42.7 Å². The first-order valence-corrected chi connectivity index (χ1v) is 12.1. The topological polar surface area (TPSA) is 128 Å². The van der Waals surface area contributed by atoms with Crippen molar-refractivity contribution in [2.45, 2.75) is 32.7 Å². The number of amides is 2. The first-order valence-electron chi connectivity index (χ1n) is 11.7. The van der Waals surface area contributed by atoms with Crippen molar-refractivity contribution >= 4 is 35.2 Å². The van der Waals surface area contributed by atoms with Gasteiger partial charge in [0.05, 0.1) is 29.3 Å². The van der Waals surface area contributed by atoms with E-state index in [4.69, 9.17) is 11.6 Å². The number of anilines is 1. The molecular formula is C26H25ClN8O2. The molecule has 4 rings (SSSR count). The summed E-state index contributed by atoms with van der Waals surface area (Å²) >= 11 is 6.13. The van der Waals surface area contributed by atoms with Gasteiger partial charge in [0.2, 0.25) is 11.8 Å². The fourth-order valence-corrected chi connectivity index (χ4v) is 3.73. The zero-order valence-corrected chi connectivity index (χ0v) is 20.9. The summed E-state index contributed by atoms with van der Waals surface area (Å²) in [4.78, 5) is 33.6. The van der Waals surface area contributed by atoms with E-state index in [9.17, 15) is 9.59 Å². The molecule has 0 aliphatic carbocycles. The largest absolute Gasteiger partial charge is 0.347 e. The van der Waals surface area contributed by atoms with Crippen LogP contribution in [0.5, 0.6) is 0 Å². The minimum Gasteiger partial charge on any atom is -0.347 e. The standard InChI is InChI=1S/C26H25ClN8O2/c1-2-3-6-25(37)32-22-5-4-12-29-26(22)19-11-13-28-21(15-19)16-30-24(36)10-7-18-14-20(27)8-9-23(18)35-17-31-33-34-35/h4-5,7-15,17H,2-3,6,16H2,1H3,(H,30,36)(H,32,37)/b10-7+. The SMILES string of the molecule is CCCCC(=O)Nc1cccnc1-c1ccnc(CNC(=O)/C=C/c2cc(Cl)ccc2-n2cnnn2)c1. The van der Waals surface area contributed by atoms with Crippen molar-refractivity contribution in [3.63, 3.8) is 0 Å². The van der Waals surface area contributed by atoms with Crippen molar-refractivity contribution in [1.82, 2.24) is 35.5 Å². The Balaban J connectivity index is 1.43. The molecule has 2 N–H and O–H groups in total. The van der Waals surface area contributed by atoms with Crippen LogP contribution in [-0.4, -0.2) is 42.0 Å². The van der Waals surface area contributed by atoms with Crippen molar-refractivity contribution in [2.75, 3.05) is 5.32 Å². The van der Waals surface area contributed by atoms with E-state index in [0.717, 1.165) is 18.4 Å². The molecule has 2 amide bonds. The lowest BCUT2D eigenvalue weighted by molar-refractivity contribution is -0.117. The fraction of sp³-hybridized carbons (Fsp3) is 0.192. The molecule has 1 aromatic carbocycles.